The molecule has 3 nitrogen and oxygen atoms in total. The fraction of sp³-hybridized carbons (Fsp3) is 1.00. The van der Waals surface area contributed by atoms with Crippen LogP contribution in [0.3, 0.4) is 0 Å². The van der Waals surface area contributed by atoms with E-state index in [1.54, 1.807) is 0 Å². The topological polar surface area (TPSA) is 18.5 Å². The number of hydrogen-bond acceptors (Lipinski definition) is 3. The van der Waals surface area contributed by atoms with Crippen LogP contribution in [0.15, 0.2) is 0 Å². The summed E-state index contributed by atoms with van der Waals surface area (Å²) in [6, 6.07) is 0.803. The Bertz CT molecular complexity index is 174. The largest absolute Gasteiger partial charge is 0.315 e. The quantitative estimate of drug-likeness (QED) is 0.689. The highest BCUT2D eigenvalue weighted by atomic mass is 15.2. The van der Waals surface area contributed by atoms with Crippen molar-refractivity contribution in [2.75, 3.05) is 46.8 Å². The van der Waals surface area contributed by atoms with Crippen LogP contribution in [0.5, 0.6) is 0 Å². The van der Waals surface area contributed by atoms with Crippen LogP contribution in [0.4, 0.5) is 0 Å². The van der Waals surface area contributed by atoms with E-state index in [1.165, 1.54) is 32.5 Å². The van der Waals surface area contributed by atoms with Gasteiger partial charge in [-0.1, -0.05) is 13.8 Å². The van der Waals surface area contributed by atoms with Crippen molar-refractivity contribution >= 4 is 0 Å². The van der Waals surface area contributed by atoms with Gasteiger partial charge in [-0.05, 0) is 52.5 Å². The highest BCUT2D eigenvalue weighted by molar-refractivity contribution is 4.77. The first-order chi connectivity index (χ1) is 7.59. The van der Waals surface area contributed by atoms with E-state index >= 15 is 0 Å². The molecule has 0 radical (unpaired) electrons. The maximum Gasteiger partial charge on any atom is 0.0117 e. The Labute approximate surface area is 101 Å². The molecule has 1 heterocycles. The number of hydrogen-bond donors (Lipinski definition) is 1. The number of piperidine rings is 1. The van der Waals surface area contributed by atoms with Crippen LogP contribution in [0, 0.1) is 5.92 Å². The molecule has 0 spiro atoms. The second kappa shape index (κ2) is 7.25. The van der Waals surface area contributed by atoms with Gasteiger partial charge < -0.3 is 15.1 Å². The van der Waals surface area contributed by atoms with Gasteiger partial charge in [0.15, 0.2) is 0 Å². The van der Waals surface area contributed by atoms with E-state index in [-0.39, 0.29) is 0 Å². The van der Waals surface area contributed by atoms with Gasteiger partial charge in [-0.15, -0.1) is 0 Å². The molecule has 0 unspecified atom stereocenters. The van der Waals surface area contributed by atoms with Gasteiger partial charge in [0.2, 0.25) is 0 Å². The van der Waals surface area contributed by atoms with Crippen LogP contribution >= 0.6 is 0 Å². The monoisotopic (exact) mass is 227 g/mol. The number of likely N-dealkylation sites (tertiary alicyclic amines) is 1. The van der Waals surface area contributed by atoms with Gasteiger partial charge in [-0.2, -0.15) is 0 Å². The van der Waals surface area contributed by atoms with Crippen molar-refractivity contribution in [1.82, 2.24) is 15.1 Å². The first-order valence-corrected chi connectivity index (χ1v) is 6.69. The average molecular weight is 227 g/mol. The Morgan fingerprint density at radius 3 is 2.50 bits per heavy atom. The van der Waals surface area contributed by atoms with Crippen LogP contribution in [0.25, 0.3) is 0 Å². The maximum absolute atomic E-state index is 3.51. The smallest absolute Gasteiger partial charge is 0.0117 e. The van der Waals surface area contributed by atoms with Crippen LogP contribution in [-0.4, -0.2) is 62.7 Å². The lowest BCUT2D eigenvalue weighted by atomic mass is 10.0. The summed E-state index contributed by atoms with van der Waals surface area (Å²) >= 11 is 0. The second-order valence-corrected chi connectivity index (χ2v) is 5.61. The summed E-state index contributed by atoms with van der Waals surface area (Å²) in [5, 5.41) is 3.51. The van der Waals surface area contributed by atoms with Crippen molar-refractivity contribution in [1.29, 1.82) is 0 Å². The molecule has 16 heavy (non-hydrogen) atoms. The Kier molecular flexibility index (Phi) is 6.32. The molecule has 1 fully saturated rings. The van der Waals surface area contributed by atoms with E-state index in [4.69, 9.17) is 0 Å². The summed E-state index contributed by atoms with van der Waals surface area (Å²) in [7, 11) is 4.49. The van der Waals surface area contributed by atoms with E-state index in [9.17, 15) is 0 Å². The maximum atomic E-state index is 3.51. The summed E-state index contributed by atoms with van der Waals surface area (Å²) in [6.07, 6.45) is 2.66. The molecule has 1 rings (SSSR count). The zero-order chi connectivity index (χ0) is 12.0. The van der Waals surface area contributed by atoms with E-state index in [0.29, 0.717) is 0 Å². The highest BCUT2D eigenvalue weighted by Gasteiger charge is 2.19. The molecule has 1 aliphatic rings. The minimum absolute atomic E-state index is 0.758. The minimum Gasteiger partial charge on any atom is -0.315 e. The van der Waals surface area contributed by atoms with E-state index in [1.807, 2.05) is 0 Å². The van der Waals surface area contributed by atoms with Gasteiger partial charge in [0.25, 0.3) is 0 Å². The van der Waals surface area contributed by atoms with Crippen molar-refractivity contribution in [3.63, 3.8) is 0 Å². The Morgan fingerprint density at radius 2 is 1.94 bits per heavy atom. The molecule has 0 aromatic heterocycles. The second-order valence-electron chi connectivity index (χ2n) is 5.61. The lowest BCUT2D eigenvalue weighted by molar-refractivity contribution is 0.145. The first kappa shape index (κ1) is 13.9. The summed E-state index contributed by atoms with van der Waals surface area (Å²) in [5.74, 6) is 0.758. The third-order valence-corrected chi connectivity index (χ3v) is 3.51. The van der Waals surface area contributed by atoms with E-state index in [0.717, 1.165) is 25.0 Å². The fourth-order valence-corrected chi connectivity index (χ4v) is 2.26. The average Bonchev–Trinajstić information content (AvgIpc) is 2.25. The molecule has 1 N–H and O–H groups in total. The Morgan fingerprint density at radius 1 is 1.31 bits per heavy atom. The Hall–Kier alpha value is -0.120. The lowest BCUT2D eigenvalue weighted by Gasteiger charge is -2.35. The normalized spacial score (nSPS) is 19.9. The molecule has 0 aliphatic carbocycles. The third-order valence-electron chi connectivity index (χ3n) is 3.51. The molecule has 0 amide bonds. The molecule has 0 bridgehead atoms. The number of rotatable bonds is 6. The van der Waals surface area contributed by atoms with E-state index in [2.05, 4.69) is 43.1 Å². The highest BCUT2D eigenvalue weighted by Crippen LogP contribution is 2.13. The summed E-state index contributed by atoms with van der Waals surface area (Å²) < 4.78 is 0. The number of likely N-dealkylation sites (N-methyl/N-ethyl adjacent to an activating group) is 1. The molecule has 0 aromatic carbocycles. The Balaban J connectivity index is 2.08. The predicted octanol–water partition coefficient (Wildman–Crippen LogP) is 1.26. The first-order valence-electron chi connectivity index (χ1n) is 6.69. The molecule has 1 aliphatic heterocycles. The third kappa shape index (κ3) is 5.28. The molecule has 1 saturated heterocycles. The predicted molar refractivity (Wildman–Crippen MR) is 70.9 cm³/mol. The lowest BCUT2D eigenvalue weighted by Crippen LogP contribution is -2.44. The van der Waals surface area contributed by atoms with Gasteiger partial charge in [-0.3, -0.25) is 0 Å². The summed E-state index contributed by atoms with van der Waals surface area (Å²) in [4.78, 5) is 4.96. The zero-order valence-corrected chi connectivity index (χ0v) is 11.5. The summed E-state index contributed by atoms with van der Waals surface area (Å²) in [5.41, 5.74) is 0. The van der Waals surface area contributed by atoms with Crippen LogP contribution in [0.2, 0.25) is 0 Å². The van der Waals surface area contributed by atoms with Gasteiger partial charge >= 0.3 is 0 Å². The number of nitrogens with zero attached hydrogens (tertiary/aromatic N) is 2. The van der Waals surface area contributed by atoms with Crippen molar-refractivity contribution in [3.8, 4) is 0 Å². The van der Waals surface area contributed by atoms with Crippen LogP contribution in [-0.2, 0) is 0 Å². The van der Waals surface area contributed by atoms with Crippen molar-refractivity contribution < 1.29 is 0 Å². The number of nitrogens with one attached hydrogen (secondary N) is 1. The minimum atomic E-state index is 0.758. The standard InChI is InChI=1S/C13H29N3/c1-12(2)11-14-7-10-16(4)13-5-8-15(3)9-6-13/h12-14H,5-11H2,1-4H3. The molecule has 3 heteroatoms. The molecular formula is C13H29N3. The van der Waals surface area contributed by atoms with Crippen molar-refractivity contribution in [2.24, 2.45) is 5.92 Å². The molecule has 0 aromatic rings. The molecule has 0 atom stereocenters. The molecule has 0 saturated carbocycles. The van der Waals surface area contributed by atoms with Crippen LogP contribution in [0.1, 0.15) is 26.7 Å². The van der Waals surface area contributed by atoms with Gasteiger partial charge in [0, 0.05) is 19.1 Å². The van der Waals surface area contributed by atoms with Gasteiger partial charge in [-0.25, -0.2) is 0 Å². The van der Waals surface area contributed by atoms with Crippen LogP contribution < -0.4 is 5.32 Å². The van der Waals surface area contributed by atoms with Crippen molar-refractivity contribution in [3.05, 3.63) is 0 Å². The van der Waals surface area contributed by atoms with E-state index < -0.39 is 0 Å². The zero-order valence-electron chi connectivity index (χ0n) is 11.5. The fourth-order valence-electron chi connectivity index (χ4n) is 2.26. The van der Waals surface area contributed by atoms with Gasteiger partial charge in [0.05, 0.1) is 0 Å². The van der Waals surface area contributed by atoms with Gasteiger partial charge in [0.1, 0.15) is 0 Å². The molecule has 96 valence electrons. The SMILES string of the molecule is CC(C)CNCCN(C)C1CCN(C)CC1. The molecular weight excluding hydrogens is 198 g/mol. The summed E-state index contributed by atoms with van der Waals surface area (Å²) in [6.45, 7) is 10.5. The van der Waals surface area contributed by atoms with Crippen molar-refractivity contribution in [2.45, 2.75) is 32.7 Å².